The van der Waals surface area contributed by atoms with Gasteiger partial charge in [-0.05, 0) is 12.8 Å². The van der Waals surface area contributed by atoms with Crippen LogP contribution in [0.1, 0.15) is 18.5 Å². The Bertz CT molecular complexity index is 752. The number of amides is 1. The van der Waals surface area contributed by atoms with E-state index < -0.39 is 23.2 Å². The van der Waals surface area contributed by atoms with Crippen molar-refractivity contribution in [2.45, 2.75) is 19.0 Å². The molecule has 10 heteroatoms. The van der Waals surface area contributed by atoms with Gasteiger partial charge in [0.05, 0.1) is 5.41 Å². The fourth-order valence-corrected chi connectivity index (χ4v) is 2.72. The summed E-state index contributed by atoms with van der Waals surface area (Å²) in [5.41, 5.74) is 3.89. The van der Waals surface area contributed by atoms with Crippen molar-refractivity contribution >= 4 is 17.2 Å². The fraction of sp³-hybridized carbons (Fsp3) is 0.500. The summed E-state index contributed by atoms with van der Waals surface area (Å²) in [6.45, 7) is 0.991. The number of nitrogens with two attached hydrogens (primary N) is 1. The maximum absolute atomic E-state index is 12.8. The number of rotatable bonds is 4. The number of ether oxygens (including phenoxy) is 1. The van der Waals surface area contributed by atoms with Gasteiger partial charge >= 0.3 is 6.18 Å². The van der Waals surface area contributed by atoms with E-state index in [2.05, 4.69) is 15.4 Å². The molecular weight excluding hydrogens is 327 g/mol. The molecule has 1 aliphatic heterocycles. The molecule has 0 unspecified atom stereocenters. The molecule has 3 heterocycles. The van der Waals surface area contributed by atoms with E-state index in [-0.39, 0.29) is 17.9 Å². The lowest BCUT2D eigenvalue weighted by atomic mass is 9.79. The van der Waals surface area contributed by atoms with E-state index in [9.17, 15) is 18.0 Å². The van der Waals surface area contributed by atoms with E-state index in [0.29, 0.717) is 26.1 Å². The van der Waals surface area contributed by atoms with Crippen LogP contribution in [0.5, 0.6) is 0 Å². The molecule has 1 fully saturated rings. The highest BCUT2D eigenvalue weighted by Crippen LogP contribution is 2.32. The summed E-state index contributed by atoms with van der Waals surface area (Å²) in [4.78, 5) is 15.9. The Kier molecular flexibility index (Phi) is 4.08. The number of halogens is 3. The Hall–Kier alpha value is -2.36. The molecule has 130 valence electrons. The van der Waals surface area contributed by atoms with Gasteiger partial charge in [-0.15, -0.1) is 0 Å². The summed E-state index contributed by atoms with van der Waals surface area (Å²) >= 11 is 0. The third-order valence-corrected chi connectivity index (χ3v) is 4.25. The molecule has 0 radical (unpaired) electrons. The second-order valence-electron chi connectivity index (χ2n) is 5.74. The Labute approximate surface area is 135 Å². The molecule has 0 aromatic carbocycles. The van der Waals surface area contributed by atoms with Crippen LogP contribution >= 0.6 is 0 Å². The van der Waals surface area contributed by atoms with Crippen molar-refractivity contribution in [3.63, 3.8) is 0 Å². The lowest BCUT2D eigenvalue weighted by Crippen LogP contribution is -2.46. The van der Waals surface area contributed by atoms with Gasteiger partial charge < -0.3 is 15.8 Å². The zero-order valence-electron chi connectivity index (χ0n) is 12.6. The molecule has 1 aliphatic rings. The number of carbonyl (C=O) groups is 1. The molecule has 0 aliphatic carbocycles. The number of nitrogens with one attached hydrogen (secondary N) is 1. The van der Waals surface area contributed by atoms with Crippen molar-refractivity contribution in [2.75, 3.05) is 25.1 Å². The van der Waals surface area contributed by atoms with Crippen molar-refractivity contribution in [3.05, 3.63) is 24.2 Å². The summed E-state index contributed by atoms with van der Waals surface area (Å²) in [7, 11) is 0. The highest BCUT2D eigenvalue weighted by atomic mass is 19.4. The van der Waals surface area contributed by atoms with Crippen molar-refractivity contribution in [3.8, 4) is 0 Å². The zero-order valence-corrected chi connectivity index (χ0v) is 12.6. The third-order valence-electron chi connectivity index (χ3n) is 4.25. The van der Waals surface area contributed by atoms with Crippen LogP contribution in [0.4, 0.5) is 19.0 Å². The van der Waals surface area contributed by atoms with Gasteiger partial charge in [0.2, 0.25) is 5.91 Å². The van der Waals surface area contributed by atoms with Crippen molar-refractivity contribution in [1.29, 1.82) is 0 Å². The topological polar surface area (TPSA) is 94.5 Å². The van der Waals surface area contributed by atoms with Crippen molar-refractivity contribution in [1.82, 2.24) is 14.6 Å². The number of anilines is 1. The Morgan fingerprint density at radius 3 is 2.75 bits per heavy atom. The molecule has 0 saturated carbocycles. The van der Waals surface area contributed by atoms with E-state index in [4.69, 9.17) is 10.5 Å². The predicted molar refractivity (Wildman–Crippen MR) is 78.2 cm³/mol. The standard InChI is InChI=1S/C14H16F3N5O2/c15-14(16,17)10-7-9-11(19-3-4-22(9)21-10)20-8-13(12(18)23)1-5-24-6-2-13/h3-4,7H,1-2,5-6,8H2,(H2,18,23)(H,19,20). The van der Waals surface area contributed by atoms with Crippen LogP contribution in [0.25, 0.3) is 5.52 Å². The monoisotopic (exact) mass is 343 g/mol. The number of aromatic nitrogens is 3. The molecule has 1 saturated heterocycles. The van der Waals surface area contributed by atoms with Crippen LogP contribution in [-0.2, 0) is 15.7 Å². The molecule has 0 spiro atoms. The molecule has 0 atom stereocenters. The molecule has 1 amide bonds. The minimum atomic E-state index is -4.54. The first-order valence-electron chi connectivity index (χ1n) is 7.35. The molecular formula is C14H16F3N5O2. The van der Waals surface area contributed by atoms with Gasteiger partial charge in [0, 0.05) is 38.2 Å². The predicted octanol–water partition coefficient (Wildman–Crippen LogP) is 1.44. The lowest BCUT2D eigenvalue weighted by molar-refractivity contribution is -0.141. The number of alkyl halides is 3. The summed E-state index contributed by atoms with van der Waals surface area (Å²) in [5.74, 6) is -0.248. The Morgan fingerprint density at radius 1 is 1.42 bits per heavy atom. The quantitative estimate of drug-likeness (QED) is 0.876. The molecule has 24 heavy (non-hydrogen) atoms. The molecule has 2 aromatic rings. The van der Waals surface area contributed by atoms with Gasteiger partial charge in [0.25, 0.3) is 0 Å². The highest BCUT2D eigenvalue weighted by Gasteiger charge is 2.39. The van der Waals surface area contributed by atoms with Gasteiger partial charge in [-0.1, -0.05) is 0 Å². The zero-order chi connectivity index (χ0) is 17.4. The van der Waals surface area contributed by atoms with E-state index in [1.807, 2.05) is 0 Å². The molecule has 7 nitrogen and oxygen atoms in total. The second kappa shape index (κ2) is 5.93. The van der Waals surface area contributed by atoms with E-state index in [0.717, 1.165) is 10.6 Å². The van der Waals surface area contributed by atoms with Crippen LogP contribution in [-0.4, -0.2) is 40.3 Å². The normalized spacial score (nSPS) is 17.8. The minimum Gasteiger partial charge on any atom is -0.381 e. The van der Waals surface area contributed by atoms with Gasteiger partial charge in [-0.3, -0.25) is 4.79 Å². The van der Waals surface area contributed by atoms with E-state index in [1.165, 1.54) is 12.4 Å². The largest absolute Gasteiger partial charge is 0.435 e. The van der Waals surface area contributed by atoms with Gasteiger partial charge in [-0.2, -0.15) is 18.3 Å². The average Bonchev–Trinajstić information content (AvgIpc) is 2.98. The Balaban J connectivity index is 1.87. The van der Waals surface area contributed by atoms with Gasteiger partial charge in [-0.25, -0.2) is 9.50 Å². The van der Waals surface area contributed by atoms with Crippen LogP contribution in [0.2, 0.25) is 0 Å². The first-order chi connectivity index (χ1) is 11.3. The minimum absolute atomic E-state index is 0.172. The number of nitrogens with zero attached hydrogens (tertiary/aromatic N) is 3. The number of fused-ring (bicyclic) bond motifs is 1. The van der Waals surface area contributed by atoms with Crippen LogP contribution in [0.3, 0.4) is 0 Å². The number of hydrogen-bond donors (Lipinski definition) is 2. The van der Waals surface area contributed by atoms with Gasteiger partial charge in [0.15, 0.2) is 11.5 Å². The van der Waals surface area contributed by atoms with E-state index >= 15 is 0 Å². The maximum Gasteiger partial charge on any atom is 0.435 e. The summed E-state index contributed by atoms with van der Waals surface area (Å²) in [6.07, 6.45) is -0.979. The van der Waals surface area contributed by atoms with Crippen LogP contribution < -0.4 is 11.1 Å². The summed E-state index contributed by atoms with van der Waals surface area (Å²) < 4.78 is 44.8. The summed E-state index contributed by atoms with van der Waals surface area (Å²) in [6, 6.07) is 0.913. The fourth-order valence-electron chi connectivity index (χ4n) is 2.72. The van der Waals surface area contributed by atoms with Crippen LogP contribution in [0, 0.1) is 5.41 Å². The smallest absolute Gasteiger partial charge is 0.381 e. The molecule has 3 rings (SSSR count). The van der Waals surface area contributed by atoms with E-state index in [1.54, 1.807) is 0 Å². The second-order valence-corrected chi connectivity index (χ2v) is 5.74. The number of hydrogen-bond acceptors (Lipinski definition) is 5. The molecule has 2 aromatic heterocycles. The molecule has 3 N–H and O–H groups in total. The van der Waals surface area contributed by atoms with Crippen LogP contribution in [0.15, 0.2) is 18.5 Å². The van der Waals surface area contributed by atoms with Crippen molar-refractivity contribution < 1.29 is 22.7 Å². The number of carbonyl (C=O) groups excluding carboxylic acids is 1. The summed E-state index contributed by atoms with van der Waals surface area (Å²) in [5, 5.41) is 6.44. The average molecular weight is 343 g/mol. The lowest BCUT2D eigenvalue weighted by Gasteiger charge is -2.34. The maximum atomic E-state index is 12.8. The number of primary amides is 1. The SMILES string of the molecule is NC(=O)C1(CNc2nccn3nc(C(F)(F)F)cc23)CCOCC1. The van der Waals surface area contributed by atoms with Crippen molar-refractivity contribution in [2.24, 2.45) is 11.1 Å². The highest BCUT2D eigenvalue weighted by molar-refractivity contribution is 5.82. The van der Waals surface area contributed by atoms with Gasteiger partial charge in [0.1, 0.15) is 5.52 Å². The first kappa shape index (κ1) is 16.5. The molecule has 0 bridgehead atoms. The third kappa shape index (κ3) is 3.01. The Morgan fingerprint density at radius 2 is 2.12 bits per heavy atom. The first-order valence-corrected chi connectivity index (χ1v) is 7.35.